The van der Waals surface area contributed by atoms with Gasteiger partial charge in [0.2, 0.25) is 0 Å². The topological polar surface area (TPSA) is 83.9 Å². The lowest BCUT2D eigenvalue weighted by molar-refractivity contribution is 0.0963. The molecule has 0 spiro atoms. The molecule has 0 aromatic heterocycles. The van der Waals surface area contributed by atoms with Gasteiger partial charge in [-0.05, 0) is 25.0 Å². The van der Waals surface area contributed by atoms with Crippen molar-refractivity contribution in [2.75, 3.05) is 29.6 Å². The minimum absolute atomic E-state index is 0.0907. The molecule has 0 bridgehead atoms. The SMILES string of the molecule is O=C1O[C@@H](CO)CN1c1cc(F)c(C2(F)CCS(=O)(=O)CC2)c(F)c1. The zero-order valence-electron chi connectivity index (χ0n) is 13.0. The molecule has 2 aliphatic heterocycles. The number of hydrogen-bond acceptors (Lipinski definition) is 5. The van der Waals surface area contributed by atoms with Gasteiger partial charge in [-0.1, -0.05) is 0 Å². The third-order valence-electron chi connectivity index (χ3n) is 4.48. The minimum atomic E-state index is -3.40. The Kier molecular flexibility index (Phi) is 4.44. The first kappa shape index (κ1) is 18.0. The summed E-state index contributed by atoms with van der Waals surface area (Å²) >= 11 is 0. The molecular formula is C15H16F3NO5S. The van der Waals surface area contributed by atoms with E-state index in [-0.39, 0.29) is 12.2 Å². The van der Waals surface area contributed by atoms with Crippen molar-refractivity contribution in [1.82, 2.24) is 0 Å². The normalized spacial score (nSPS) is 25.0. The average molecular weight is 379 g/mol. The number of hydrogen-bond donors (Lipinski definition) is 1. The largest absolute Gasteiger partial charge is 0.441 e. The van der Waals surface area contributed by atoms with Crippen LogP contribution in [0.2, 0.25) is 0 Å². The Morgan fingerprint density at radius 3 is 2.28 bits per heavy atom. The summed E-state index contributed by atoms with van der Waals surface area (Å²) in [6.07, 6.45) is -2.74. The van der Waals surface area contributed by atoms with E-state index in [1.165, 1.54) is 0 Å². The second-order valence-corrected chi connectivity index (χ2v) is 8.50. The van der Waals surface area contributed by atoms with Gasteiger partial charge in [0.1, 0.15) is 23.4 Å². The number of anilines is 1. The Morgan fingerprint density at radius 2 is 1.80 bits per heavy atom. The van der Waals surface area contributed by atoms with Gasteiger partial charge in [0, 0.05) is 0 Å². The number of benzene rings is 1. The molecule has 138 valence electrons. The summed E-state index contributed by atoms with van der Waals surface area (Å²) in [5, 5.41) is 9.00. The standard InChI is InChI=1S/C15H16F3NO5S/c16-11-5-9(19-7-10(8-20)24-14(19)21)6-12(17)13(11)15(18)1-3-25(22,23)4-2-15/h5-6,10,20H,1-4,7-8H2/t10-/m1/s1. The molecule has 0 radical (unpaired) electrons. The number of aliphatic hydroxyl groups excluding tert-OH is 1. The number of cyclic esters (lactones) is 1. The van der Waals surface area contributed by atoms with Crippen molar-refractivity contribution in [1.29, 1.82) is 0 Å². The number of amides is 1. The highest BCUT2D eigenvalue weighted by molar-refractivity contribution is 7.91. The van der Waals surface area contributed by atoms with Gasteiger partial charge in [0.05, 0.1) is 35.9 Å². The highest BCUT2D eigenvalue weighted by atomic mass is 32.2. The van der Waals surface area contributed by atoms with Gasteiger partial charge in [-0.2, -0.15) is 0 Å². The summed E-state index contributed by atoms with van der Waals surface area (Å²) < 4.78 is 71.5. The first-order valence-electron chi connectivity index (χ1n) is 7.63. The summed E-state index contributed by atoms with van der Waals surface area (Å²) in [7, 11) is -3.40. The van der Waals surface area contributed by atoms with Gasteiger partial charge in [-0.3, -0.25) is 4.90 Å². The smallest absolute Gasteiger partial charge is 0.414 e. The van der Waals surface area contributed by atoms with Crippen LogP contribution in [-0.2, 0) is 20.2 Å². The zero-order chi connectivity index (χ0) is 18.4. The molecular weight excluding hydrogens is 363 g/mol. The highest BCUT2D eigenvalue weighted by Crippen LogP contribution is 2.41. The van der Waals surface area contributed by atoms with Crippen LogP contribution in [0.4, 0.5) is 23.7 Å². The molecule has 0 saturated carbocycles. The van der Waals surface area contributed by atoms with E-state index in [1.807, 2.05) is 0 Å². The summed E-state index contributed by atoms with van der Waals surface area (Å²) in [5.74, 6) is -3.37. The van der Waals surface area contributed by atoms with Gasteiger partial charge in [-0.25, -0.2) is 26.4 Å². The second-order valence-electron chi connectivity index (χ2n) is 6.20. The van der Waals surface area contributed by atoms with Gasteiger partial charge >= 0.3 is 6.09 Å². The molecule has 1 N–H and O–H groups in total. The maximum atomic E-state index is 15.0. The number of halogens is 3. The van der Waals surface area contributed by atoms with Crippen LogP contribution in [0.25, 0.3) is 0 Å². The number of carbonyl (C=O) groups is 1. The van der Waals surface area contributed by atoms with Gasteiger partial charge in [-0.15, -0.1) is 0 Å². The Morgan fingerprint density at radius 1 is 1.24 bits per heavy atom. The molecule has 1 amide bonds. The van der Waals surface area contributed by atoms with Gasteiger partial charge in [0.15, 0.2) is 9.84 Å². The van der Waals surface area contributed by atoms with Crippen molar-refractivity contribution in [3.05, 3.63) is 29.3 Å². The molecule has 3 rings (SSSR count). The predicted molar refractivity (Wildman–Crippen MR) is 81.7 cm³/mol. The van der Waals surface area contributed by atoms with Crippen LogP contribution in [-0.4, -0.2) is 50.4 Å². The van der Waals surface area contributed by atoms with Crippen LogP contribution in [0, 0.1) is 11.6 Å². The summed E-state index contributed by atoms with van der Waals surface area (Å²) in [6.45, 7) is -0.528. The second kappa shape index (κ2) is 6.17. The van der Waals surface area contributed by atoms with E-state index < -0.39 is 75.9 Å². The summed E-state index contributed by atoms with van der Waals surface area (Å²) in [5.41, 5.74) is -3.40. The van der Waals surface area contributed by atoms with Crippen molar-refractivity contribution in [3.63, 3.8) is 0 Å². The van der Waals surface area contributed by atoms with Crippen LogP contribution in [0.15, 0.2) is 12.1 Å². The molecule has 0 aliphatic carbocycles. The van der Waals surface area contributed by atoms with E-state index >= 15 is 0 Å². The molecule has 2 heterocycles. The Balaban J connectivity index is 1.93. The maximum Gasteiger partial charge on any atom is 0.414 e. The molecule has 1 atom stereocenters. The maximum absolute atomic E-state index is 15.0. The lowest BCUT2D eigenvalue weighted by atomic mass is 9.89. The molecule has 10 heteroatoms. The Labute approximate surface area is 142 Å². The van der Waals surface area contributed by atoms with Crippen molar-refractivity contribution >= 4 is 21.6 Å². The lowest BCUT2D eigenvalue weighted by Crippen LogP contribution is -2.35. The fraction of sp³-hybridized carbons (Fsp3) is 0.533. The van der Waals surface area contributed by atoms with Crippen molar-refractivity contribution in [3.8, 4) is 0 Å². The molecule has 1 aromatic carbocycles. The van der Waals surface area contributed by atoms with E-state index in [9.17, 15) is 26.4 Å². The van der Waals surface area contributed by atoms with E-state index in [2.05, 4.69) is 0 Å². The van der Waals surface area contributed by atoms with Crippen molar-refractivity contribution in [2.45, 2.75) is 24.6 Å². The van der Waals surface area contributed by atoms with Crippen LogP contribution in [0.3, 0.4) is 0 Å². The number of aliphatic hydroxyl groups is 1. The fourth-order valence-electron chi connectivity index (χ4n) is 3.08. The van der Waals surface area contributed by atoms with E-state index in [4.69, 9.17) is 9.84 Å². The van der Waals surface area contributed by atoms with Crippen molar-refractivity contribution < 1.29 is 36.2 Å². The van der Waals surface area contributed by atoms with Crippen molar-refractivity contribution in [2.24, 2.45) is 0 Å². The van der Waals surface area contributed by atoms with Crippen LogP contribution >= 0.6 is 0 Å². The fourth-order valence-corrected chi connectivity index (χ4v) is 4.56. The van der Waals surface area contributed by atoms with Crippen LogP contribution < -0.4 is 4.90 Å². The number of carbonyl (C=O) groups excluding carboxylic acids is 1. The number of nitrogens with zero attached hydrogens (tertiary/aromatic N) is 1. The van der Waals surface area contributed by atoms with E-state index in [0.29, 0.717) is 0 Å². The van der Waals surface area contributed by atoms with Crippen LogP contribution in [0.5, 0.6) is 0 Å². The summed E-state index contributed by atoms with van der Waals surface area (Å²) in [4.78, 5) is 12.6. The number of alkyl halides is 1. The third kappa shape index (κ3) is 3.32. The third-order valence-corrected chi connectivity index (χ3v) is 6.14. The van der Waals surface area contributed by atoms with Crippen LogP contribution in [0.1, 0.15) is 18.4 Å². The number of ether oxygens (including phenoxy) is 1. The first-order valence-corrected chi connectivity index (χ1v) is 9.45. The quantitative estimate of drug-likeness (QED) is 0.864. The average Bonchev–Trinajstić information content (AvgIpc) is 2.91. The molecule has 2 fully saturated rings. The predicted octanol–water partition coefficient (Wildman–Crippen LogP) is 1.66. The first-order chi connectivity index (χ1) is 11.6. The highest BCUT2D eigenvalue weighted by Gasteiger charge is 2.43. The van der Waals surface area contributed by atoms with Gasteiger partial charge < -0.3 is 9.84 Å². The molecule has 2 aliphatic rings. The monoisotopic (exact) mass is 379 g/mol. The molecule has 6 nitrogen and oxygen atoms in total. The zero-order valence-corrected chi connectivity index (χ0v) is 13.9. The molecule has 1 aromatic rings. The Bertz CT molecular complexity index is 776. The van der Waals surface area contributed by atoms with Gasteiger partial charge in [0.25, 0.3) is 0 Å². The number of rotatable bonds is 3. The van der Waals surface area contributed by atoms with E-state index in [0.717, 1.165) is 17.0 Å². The Hall–Kier alpha value is -1.81. The lowest BCUT2D eigenvalue weighted by Gasteiger charge is -2.30. The molecule has 2 saturated heterocycles. The minimum Gasteiger partial charge on any atom is -0.441 e. The molecule has 0 unspecified atom stereocenters. The number of sulfone groups is 1. The summed E-state index contributed by atoms with van der Waals surface area (Å²) in [6, 6.07) is 1.62. The molecule has 25 heavy (non-hydrogen) atoms. The van der Waals surface area contributed by atoms with E-state index in [1.54, 1.807) is 0 Å².